The molecule has 0 saturated carbocycles. The highest BCUT2D eigenvalue weighted by Crippen LogP contribution is 2.24. The van der Waals surface area contributed by atoms with Crippen LogP contribution in [-0.2, 0) is 6.54 Å². The van der Waals surface area contributed by atoms with Crippen molar-refractivity contribution in [1.82, 2.24) is 20.2 Å². The summed E-state index contributed by atoms with van der Waals surface area (Å²) in [5.74, 6) is 0.227. The Labute approximate surface area is 105 Å². The molecule has 0 amide bonds. The Kier molecular flexibility index (Phi) is 3.86. The summed E-state index contributed by atoms with van der Waals surface area (Å²) in [6.45, 7) is 2.88. The number of rotatable bonds is 5. The Morgan fingerprint density at radius 1 is 1.33 bits per heavy atom. The fourth-order valence-electron chi connectivity index (χ4n) is 1.80. The monoisotopic (exact) mass is 249 g/mol. The van der Waals surface area contributed by atoms with E-state index in [9.17, 15) is 4.39 Å². The lowest BCUT2D eigenvalue weighted by atomic mass is 10.1. The van der Waals surface area contributed by atoms with E-state index in [1.54, 1.807) is 10.7 Å². The van der Waals surface area contributed by atoms with E-state index in [0.29, 0.717) is 17.1 Å². The SMILES string of the molecule is CCCCCn1nnnc1-c1ccc(F)cc1N. The minimum absolute atomic E-state index is 0.349. The van der Waals surface area contributed by atoms with Gasteiger partial charge in [-0.15, -0.1) is 5.10 Å². The molecule has 0 radical (unpaired) electrons. The molecule has 0 fully saturated rings. The number of benzene rings is 1. The number of tetrazole rings is 1. The lowest BCUT2D eigenvalue weighted by molar-refractivity contribution is 0.541. The van der Waals surface area contributed by atoms with Crippen molar-refractivity contribution >= 4 is 5.69 Å². The Bertz CT molecular complexity index is 523. The first-order chi connectivity index (χ1) is 8.72. The van der Waals surface area contributed by atoms with Crippen LogP contribution < -0.4 is 5.73 Å². The molecule has 18 heavy (non-hydrogen) atoms. The molecular weight excluding hydrogens is 233 g/mol. The van der Waals surface area contributed by atoms with Crippen molar-refractivity contribution in [3.63, 3.8) is 0 Å². The fourth-order valence-corrected chi connectivity index (χ4v) is 1.80. The summed E-state index contributed by atoms with van der Waals surface area (Å²) in [6, 6.07) is 4.24. The molecule has 6 heteroatoms. The van der Waals surface area contributed by atoms with Crippen LogP contribution in [0.25, 0.3) is 11.4 Å². The lowest BCUT2D eigenvalue weighted by Gasteiger charge is -2.06. The summed E-state index contributed by atoms with van der Waals surface area (Å²) < 4.78 is 14.7. The minimum Gasteiger partial charge on any atom is -0.398 e. The van der Waals surface area contributed by atoms with E-state index in [2.05, 4.69) is 22.4 Å². The van der Waals surface area contributed by atoms with Crippen molar-refractivity contribution in [2.75, 3.05) is 5.73 Å². The Balaban J connectivity index is 2.25. The normalized spacial score (nSPS) is 10.8. The van der Waals surface area contributed by atoms with Crippen LogP contribution in [0.15, 0.2) is 18.2 Å². The number of aromatic nitrogens is 4. The fraction of sp³-hybridized carbons (Fsp3) is 0.417. The molecule has 0 spiro atoms. The van der Waals surface area contributed by atoms with E-state index in [1.165, 1.54) is 12.1 Å². The predicted octanol–water partition coefficient (Wildman–Crippen LogP) is 2.25. The van der Waals surface area contributed by atoms with Crippen LogP contribution in [-0.4, -0.2) is 20.2 Å². The Morgan fingerprint density at radius 3 is 2.89 bits per heavy atom. The average Bonchev–Trinajstić information content (AvgIpc) is 2.78. The minimum atomic E-state index is -0.360. The molecule has 2 aromatic rings. The molecule has 0 aliphatic rings. The predicted molar refractivity (Wildman–Crippen MR) is 67.1 cm³/mol. The first-order valence-corrected chi connectivity index (χ1v) is 6.04. The second kappa shape index (κ2) is 5.57. The number of unbranched alkanes of at least 4 members (excludes halogenated alkanes) is 2. The number of aryl methyl sites for hydroxylation is 1. The molecule has 1 aromatic heterocycles. The summed E-state index contributed by atoms with van der Waals surface area (Å²) in [6.07, 6.45) is 3.27. The van der Waals surface area contributed by atoms with Crippen molar-refractivity contribution < 1.29 is 4.39 Å². The second-order valence-corrected chi connectivity index (χ2v) is 4.16. The van der Waals surface area contributed by atoms with Crippen LogP contribution in [0.5, 0.6) is 0 Å². The number of nitrogen functional groups attached to an aromatic ring is 1. The van der Waals surface area contributed by atoms with Crippen molar-refractivity contribution in [2.24, 2.45) is 0 Å². The Morgan fingerprint density at radius 2 is 2.17 bits per heavy atom. The quantitative estimate of drug-likeness (QED) is 0.651. The first-order valence-electron chi connectivity index (χ1n) is 6.04. The van der Waals surface area contributed by atoms with E-state index in [4.69, 9.17) is 5.73 Å². The van der Waals surface area contributed by atoms with Crippen LogP contribution in [0.3, 0.4) is 0 Å². The molecule has 0 atom stereocenters. The number of nitrogens with zero attached hydrogens (tertiary/aromatic N) is 4. The van der Waals surface area contributed by atoms with E-state index in [1.807, 2.05) is 0 Å². The molecule has 96 valence electrons. The van der Waals surface area contributed by atoms with Crippen LogP contribution in [0.4, 0.5) is 10.1 Å². The average molecular weight is 249 g/mol. The smallest absolute Gasteiger partial charge is 0.184 e. The van der Waals surface area contributed by atoms with Gasteiger partial charge >= 0.3 is 0 Å². The molecule has 0 bridgehead atoms. The number of anilines is 1. The third-order valence-electron chi connectivity index (χ3n) is 2.76. The third kappa shape index (κ3) is 2.64. The second-order valence-electron chi connectivity index (χ2n) is 4.16. The van der Waals surface area contributed by atoms with Gasteiger partial charge in [0.15, 0.2) is 5.82 Å². The molecule has 2 N–H and O–H groups in total. The van der Waals surface area contributed by atoms with Crippen molar-refractivity contribution in [3.8, 4) is 11.4 Å². The zero-order valence-electron chi connectivity index (χ0n) is 10.3. The highest BCUT2D eigenvalue weighted by Gasteiger charge is 2.12. The zero-order valence-corrected chi connectivity index (χ0v) is 10.3. The van der Waals surface area contributed by atoms with Gasteiger partial charge in [0.05, 0.1) is 0 Å². The zero-order chi connectivity index (χ0) is 13.0. The number of nitrogens with two attached hydrogens (primary N) is 1. The highest BCUT2D eigenvalue weighted by atomic mass is 19.1. The van der Waals surface area contributed by atoms with Gasteiger partial charge in [-0.3, -0.25) is 0 Å². The van der Waals surface area contributed by atoms with E-state index >= 15 is 0 Å². The molecular formula is C12H16FN5. The highest BCUT2D eigenvalue weighted by molar-refractivity contribution is 5.71. The summed E-state index contributed by atoms with van der Waals surface area (Å²) in [7, 11) is 0. The van der Waals surface area contributed by atoms with Gasteiger partial charge in [0.25, 0.3) is 0 Å². The van der Waals surface area contributed by atoms with Crippen molar-refractivity contribution in [3.05, 3.63) is 24.0 Å². The van der Waals surface area contributed by atoms with Crippen molar-refractivity contribution in [1.29, 1.82) is 0 Å². The van der Waals surface area contributed by atoms with Crippen LogP contribution in [0.2, 0.25) is 0 Å². The summed E-state index contributed by atoms with van der Waals surface area (Å²) in [5.41, 5.74) is 6.80. The largest absolute Gasteiger partial charge is 0.398 e. The maximum Gasteiger partial charge on any atom is 0.184 e. The lowest BCUT2D eigenvalue weighted by Crippen LogP contribution is -2.04. The van der Waals surface area contributed by atoms with Gasteiger partial charge in [0, 0.05) is 17.8 Å². The van der Waals surface area contributed by atoms with E-state index in [-0.39, 0.29) is 5.82 Å². The van der Waals surface area contributed by atoms with E-state index in [0.717, 1.165) is 25.8 Å². The molecule has 0 unspecified atom stereocenters. The molecule has 2 rings (SSSR count). The molecule has 0 saturated heterocycles. The number of halogens is 1. The molecule has 5 nitrogen and oxygen atoms in total. The van der Waals surface area contributed by atoms with Gasteiger partial charge in [-0.25, -0.2) is 9.07 Å². The Hall–Kier alpha value is -1.98. The van der Waals surface area contributed by atoms with Gasteiger partial charge in [-0.2, -0.15) is 0 Å². The van der Waals surface area contributed by atoms with Crippen LogP contribution >= 0.6 is 0 Å². The van der Waals surface area contributed by atoms with Gasteiger partial charge in [-0.1, -0.05) is 19.8 Å². The summed E-state index contributed by atoms with van der Waals surface area (Å²) in [5, 5.41) is 11.5. The third-order valence-corrected chi connectivity index (χ3v) is 2.76. The number of hydrogen-bond acceptors (Lipinski definition) is 4. The molecule has 1 heterocycles. The number of hydrogen-bond donors (Lipinski definition) is 1. The topological polar surface area (TPSA) is 69.6 Å². The molecule has 0 aliphatic carbocycles. The van der Waals surface area contributed by atoms with Gasteiger partial charge < -0.3 is 5.73 Å². The molecule has 0 aliphatic heterocycles. The summed E-state index contributed by atoms with van der Waals surface area (Å²) >= 11 is 0. The molecule has 1 aromatic carbocycles. The van der Waals surface area contributed by atoms with Crippen LogP contribution in [0.1, 0.15) is 26.2 Å². The standard InChI is InChI=1S/C12H16FN5/c1-2-3-4-7-18-12(15-16-17-18)10-6-5-9(13)8-11(10)14/h5-6,8H,2-4,7,14H2,1H3. The summed E-state index contributed by atoms with van der Waals surface area (Å²) in [4.78, 5) is 0. The maximum absolute atomic E-state index is 13.0. The van der Waals surface area contributed by atoms with Crippen molar-refractivity contribution in [2.45, 2.75) is 32.7 Å². The maximum atomic E-state index is 13.0. The van der Waals surface area contributed by atoms with Gasteiger partial charge in [0.1, 0.15) is 5.82 Å². The first kappa shape index (κ1) is 12.5. The van der Waals surface area contributed by atoms with Gasteiger partial charge in [-0.05, 0) is 35.0 Å². The van der Waals surface area contributed by atoms with E-state index < -0.39 is 0 Å². The van der Waals surface area contributed by atoms with Gasteiger partial charge in [0.2, 0.25) is 0 Å². The van der Waals surface area contributed by atoms with Crippen LogP contribution in [0, 0.1) is 5.82 Å².